The second kappa shape index (κ2) is 7.04. The fourth-order valence-electron chi connectivity index (χ4n) is 2.96. The normalized spacial score (nSPS) is 17.0. The van der Waals surface area contributed by atoms with Crippen molar-refractivity contribution in [1.82, 2.24) is 24.6 Å². The topological polar surface area (TPSA) is 77.0 Å². The highest BCUT2D eigenvalue weighted by Crippen LogP contribution is 2.20. The highest BCUT2D eigenvalue weighted by Gasteiger charge is 2.21. The first-order valence-corrected chi connectivity index (χ1v) is 8.16. The summed E-state index contributed by atoms with van der Waals surface area (Å²) >= 11 is 0. The first kappa shape index (κ1) is 15.9. The van der Waals surface area contributed by atoms with Gasteiger partial charge in [-0.15, -0.1) is 0 Å². The van der Waals surface area contributed by atoms with Crippen LogP contribution in [0, 0.1) is 5.92 Å². The maximum absolute atomic E-state index is 12.2. The van der Waals surface area contributed by atoms with Crippen LogP contribution in [0.2, 0.25) is 0 Å². The predicted molar refractivity (Wildman–Crippen MR) is 84.9 cm³/mol. The average Bonchev–Trinajstić information content (AvgIpc) is 3.04. The Hall–Kier alpha value is -2.02. The summed E-state index contributed by atoms with van der Waals surface area (Å²) in [7, 11) is 0. The van der Waals surface area contributed by atoms with E-state index < -0.39 is 0 Å². The number of aromatic nitrogens is 4. The van der Waals surface area contributed by atoms with Crippen LogP contribution in [0.15, 0.2) is 28.0 Å². The van der Waals surface area contributed by atoms with Crippen LogP contribution in [0.1, 0.15) is 44.2 Å². The van der Waals surface area contributed by atoms with Gasteiger partial charge in [-0.3, -0.25) is 14.3 Å². The van der Waals surface area contributed by atoms with Crippen LogP contribution in [0.5, 0.6) is 0 Å². The van der Waals surface area contributed by atoms with Crippen molar-refractivity contribution in [3.8, 4) is 0 Å². The van der Waals surface area contributed by atoms with Gasteiger partial charge in [-0.1, -0.05) is 19.0 Å². The zero-order valence-electron chi connectivity index (χ0n) is 13.7. The van der Waals surface area contributed by atoms with Crippen molar-refractivity contribution in [1.29, 1.82) is 0 Å². The molecule has 0 saturated carbocycles. The Kier molecular flexibility index (Phi) is 4.85. The molecule has 0 amide bonds. The number of hydrogen-bond donors (Lipinski definition) is 0. The minimum atomic E-state index is 0.0528. The standard InChI is InChI=1S/C16H23N5O2/c1-12(2)14-7-16(22)21(11-18-14)8-13-3-5-20(6-4-13)9-15-17-10-19-23-15/h7,10-13H,3-6,8-9H2,1-2H3. The second-order valence-electron chi connectivity index (χ2n) is 6.51. The highest BCUT2D eigenvalue weighted by atomic mass is 16.5. The van der Waals surface area contributed by atoms with Crippen LogP contribution in [0.25, 0.3) is 0 Å². The number of rotatable bonds is 5. The van der Waals surface area contributed by atoms with Gasteiger partial charge in [0, 0.05) is 12.6 Å². The van der Waals surface area contributed by atoms with Crippen molar-refractivity contribution in [2.24, 2.45) is 5.92 Å². The molecule has 0 aliphatic carbocycles. The van der Waals surface area contributed by atoms with E-state index in [1.165, 1.54) is 6.33 Å². The molecule has 7 nitrogen and oxygen atoms in total. The van der Waals surface area contributed by atoms with E-state index in [9.17, 15) is 4.79 Å². The van der Waals surface area contributed by atoms with Gasteiger partial charge in [0.05, 0.1) is 18.6 Å². The maximum atomic E-state index is 12.2. The Morgan fingerprint density at radius 3 is 2.70 bits per heavy atom. The monoisotopic (exact) mass is 317 g/mol. The molecule has 1 aliphatic rings. The van der Waals surface area contributed by atoms with Crippen molar-refractivity contribution >= 4 is 0 Å². The van der Waals surface area contributed by atoms with Gasteiger partial charge >= 0.3 is 0 Å². The Balaban J connectivity index is 1.53. The maximum Gasteiger partial charge on any atom is 0.253 e. The highest BCUT2D eigenvalue weighted by molar-refractivity contribution is 5.04. The van der Waals surface area contributed by atoms with E-state index in [4.69, 9.17) is 4.52 Å². The zero-order valence-corrected chi connectivity index (χ0v) is 13.7. The van der Waals surface area contributed by atoms with Crippen molar-refractivity contribution in [3.05, 3.63) is 40.7 Å². The van der Waals surface area contributed by atoms with Crippen molar-refractivity contribution in [3.63, 3.8) is 0 Å². The molecule has 0 aromatic carbocycles. The number of likely N-dealkylation sites (tertiary alicyclic amines) is 1. The Bertz CT molecular complexity index is 672. The minimum absolute atomic E-state index is 0.0528. The van der Waals surface area contributed by atoms with E-state index in [0.29, 0.717) is 18.4 Å². The summed E-state index contributed by atoms with van der Waals surface area (Å²) in [5.74, 6) is 1.46. The van der Waals surface area contributed by atoms with Crippen molar-refractivity contribution in [2.75, 3.05) is 13.1 Å². The quantitative estimate of drug-likeness (QED) is 0.835. The van der Waals surface area contributed by atoms with Gasteiger partial charge in [0.15, 0.2) is 6.33 Å². The molecule has 7 heteroatoms. The number of nitrogens with zero attached hydrogens (tertiary/aromatic N) is 5. The van der Waals surface area contributed by atoms with Crippen molar-refractivity contribution < 1.29 is 4.52 Å². The van der Waals surface area contributed by atoms with Crippen LogP contribution in [-0.2, 0) is 13.1 Å². The molecular formula is C16H23N5O2. The third-order valence-electron chi connectivity index (χ3n) is 4.42. The molecule has 1 saturated heterocycles. The summed E-state index contributed by atoms with van der Waals surface area (Å²) in [4.78, 5) is 22.9. The molecule has 1 fully saturated rings. The molecule has 0 atom stereocenters. The van der Waals surface area contributed by atoms with Crippen LogP contribution < -0.4 is 5.56 Å². The molecule has 23 heavy (non-hydrogen) atoms. The fourth-order valence-corrected chi connectivity index (χ4v) is 2.96. The van der Waals surface area contributed by atoms with Gasteiger partial charge in [0.1, 0.15) is 0 Å². The molecule has 1 aliphatic heterocycles. The smallest absolute Gasteiger partial charge is 0.253 e. The van der Waals surface area contributed by atoms with Gasteiger partial charge in [0.2, 0.25) is 5.89 Å². The van der Waals surface area contributed by atoms with Gasteiger partial charge in [-0.25, -0.2) is 4.98 Å². The molecule has 0 unspecified atom stereocenters. The van der Waals surface area contributed by atoms with E-state index in [2.05, 4.69) is 20.0 Å². The van der Waals surface area contributed by atoms with Crippen molar-refractivity contribution in [2.45, 2.75) is 45.7 Å². The lowest BCUT2D eigenvalue weighted by Crippen LogP contribution is -2.36. The SMILES string of the molecule is CC(C)c1cc(=O)n(CC2CCN(Cc3ncno3)CC2)cn1. The van der Waals surface area contributed by atoms with Crippen LogP contribution in [-0.4, -0.2) is 37.7 Å². The lowest BCUT2D eigenvalue weighted by molar-refractivity contribution is 0.150. The van der Waals surface area contributed by atoms with E-state index in [1.54, 1.807) is 17.0 Å². The number of piperidine rings is 1. The number of hydrogen-bond acceptors (Lipinski definition) is 6. The summed E-state index contributed by atoms with van der Waals surface area (Å²) in [5, 5.41) is 3.63. The molecule has 2 aromatic rings. The molecule has 0 radical (unpaired) electrons. The van der Waals surface area contributed by atoms with Gasteiger partial charge in [0.25, 0.3) is 5.56 Å². The molecule has 2 aromatic heterocycles. The molecule has 3 rings (SSSR count). The van der Waals surface area contributed by atoms with Gasteiger partial charge < -0.3 is 4.52 Å². The van der Waals surface area contributed by atoms with E-state index in [-0.39, 0.29) is 11.5 Å². The largest absolute Gasteiger partial charge is 0.338 e. The zero-order chi connectivity index (χ0) is 16.2. The first-order chi connectivity index (χ1) is 11.1. The molecule has 124 valence electrons. The van der Waals surface area contributed by atoms with Crippen LogP contribution >= 0.6 is 0 Å². The minimum Gasteiger partial charge on any atom is -0.338 e. The third-order valence-corrected chi connectivity index (χ3v) is 4.42. The predicted octanol–water partition coefficient (Wildman–Crippen LogP) is 1.66. The Labute approximate surface area is 135 Å². The summed E-state index contributed by atoms with van der Waals surface area (Å²) in [5.41, 5.74) is 0.914. The van der Waals surface area contributed by atoms with Gasteiger partial charge in [-0.05, 0) is 37.8 Å². The van der Waals surface area contributed by atoms with E-state index in [1.807, 2.05) is 13.8 Å². The Morgan fingerprint density at radius 2 is 2.09 bits per heavy atom. The third kappa shape index (κ3) is 4.04. The molecule has 0 bridgehead atoms. The lowest BCUT2D eigenvalue weighted by atomic mass is 9.96. The first-order valence-electron chi connectivity index (χ1n) is 8.16. The second-order valence-corrected chi connectivity index (χ2v) is 6.51. The molecule has 0 spiro atoms. The molecule has 0 N–H and O–H groups in total. The van der Waals surface area contributed by atoms with Crippen LogP contribution in [0.3, 0.4) is 0 Å². The Morgan fingerprint density at radius 1 is 1.30 bits per heavy atom. The summed E-state index contributed by atoms with van der Waals surface area (Å²) < 4.78 is 6.79. The van der Waals surface area contributed by atoms with Gasteiger partial charge in [-0.2, -0.15) is 4.98 Å². The lowest BCUT2D eigenvalue weighted by Gasteiger charge is -2.31. The average molecular weight is 317 g/mol. The van der Waals surface area contributed by atoms with Crippen LogP contribution in [0.4, 0.5) is 0 Å². The van der Waals surface area contributed by atoms with E-state index >= 15 is 0 Å². The molecule has 3 heterocycles. The molecular weight excluding hydrogens is 294 g/mol. The summed E-state index contributed by atoms with van der Waals surface area (Å²) in [6, 6.07) is 1.66. The summed E-state index contributed by atoms with van der Waals surface area (Å²) in [6.07, 6.45) is 5.25. The van der Waals surface area contributed by atoms with E-state index in [0.717, 1.165) is 38.2 Å². The summed E-state index contributed by atoms with van der Waals surface area (Å²) in [6.45, 7) is 7.52. The fraction of sp³-hybridized carbons (Fsp3) is 0.625.